The number of carbonyl (C=O) groups excluding carboxylic acids is 1. The van der Waals surface area contributed by atoms with Gasteiger partial charge in [0.2, 0.25) is 5.91 Å². The van der Waals surface area contributed by atoms with Gasteiger partial charge in [-0.3, -0.25) is 4.79 Å². The minimum absolute atomic E-state index is 0.272. The first-order chi connectivity index (χ1) is 13.4. The zero-order valence-electron chi connectivity index (χ0n) is 17.9. The molecule has 5 nitrogen and oxygen atoms in total. The highest BCUT2D eigenvalue weighted by Crippen LogP contribution is 2.41. The van der Waals surface area contributed by atoms with Crippen LogP contribution in [0.15, 0.2) is 36.7 Å². The molecule has 0 atom stereocenters. The molecule has 0 spiro atoms. The van der Waals surface area contributed by atoms with E-state index in [2.05, 4.69) is 9.97 Å². The molecule has 1 aromatic carbocycles. The molecule has 152 valence electrons. The van der Waals surface area contributed by atoms with Gasteiger partial charge >= 0.3 is 0 Å². The number of hydrogen-bond donors (Lipinski definition) is 3. The van der Waals surface area contributed by atoms with E-state index in [-0.39, 0.29) is 16.6 Å². The largest absolute Gasteiger partial charge is 0.507 e. The normalized spacial score (nSPS) is 13.1. The smallest absolute Gasteiger partial charge is 0.249 e. The number of primary amides is 1. The number of aromatic nitrogens is 2. The number of rotatable bonds is 3. The topological polar surface area (TPSA) is 92.0 Å². The monoisotopic (exact) mass is 391 g/mol. The first-order valence-electron chi connectivity index (χ1n) is 9.71. The van der Waals surface area contributed by atoms with Crippen LogP contribution in [0, 0.1) is 0 Å². The Morgan fingerprint density at radius 2 is 1.69 bits per heavy atom. The van der Waals surface area contributed by atoms with Crippen molar-refractivity contribution in [2.45, 2.75) is 52.4 Å². The number of hydrogen-bond acceptors (Lipinski definition) is 3. The highest BCUT2D eigenvalue weighted by Gasteiger charge is 2.27. The van der Waals surface area contributed by atoms with Crippen LogP contribution in [0.3, 0.4) is 0 Å². The van der Waals surface area contributed by atoms with Crippen LogP contribution in [-0.4, -0.2) is 21.0 Å². The molecule has 0 radical (unpaired) electrons. The van der Waals surface area contributed by atoms with Crippen molar-refractivity contribution in [2.75, 3.05) is 0 Å². The number of H-pyrrole nitrogens is 1. The number of nitrogens with zero attached hydrogens (tertiary/aromatic N) is 1. The molecule has 0 aliphatic rings. The molecule has 0 saturated carbocycles. The number of amides is 1. The SMILES string of the molecule is CC(C)(C)c1cc(C(=Cc2c[nH]c3ncccc23)C(N)=O)cc(C(C)(C)C)c1O. The van der Waals surface area contributed by atoms with Crippen LogP contribution >= 0.6 is 0 Å². The number of nitrogens with two attached hydrogens (primary N) is 1. The summed E-state index contributed by atoms with van der Waals surface area (Å²) in [4.78, 5) is 19.8. The lowest BCUT2D eigenvalue weighted by Crippen LogP contribution is -2.19. The third-order valence-electron chi connectivity index (χ3n) is 5.09. The van der Waals surface area contributed by atoms with Crippen LogP contribution in [0.25, 0.3) is 22.7 Å². The van der Waals surface area contributed by atoms with Crippen molar-refractivity contribution in [3.05, 3.63) is 58.9 Å². The zero-order chi connectivity index (χ0) is 21.6. The molecule has 0 fully saturated rings. The Kier molecular flexibility index (Phi) is 5.03. The molecule has 0 aliphatic carbocycles. The van der Waals surface area contributed by atoms with Crippen molar-refractivity contribution < 1.29 is 9.90 Å². The molecule has 0 aliphatic heterocycles. The first-order valence-corrected chi connectivity index (χ1v) is 9.71. The summed E-state index contributed by atoms with van der Waals surface area (Å²) in [7, 11) is 0. The number of aromatic hydroxyl groups is 1. The van der Waals surface area contributed by atoms with Crippen molar-refractivity contribution in [3.8, 4) is 5.75 Å². The standard InChI is InChI=1S/C24H29N3O2/c1-23(2,3)18-11-14(12-19(20(18)28)24(4,5)6)17(21(25)29)10-15-13-27-22-16(15)8-7-9-26-22/h7-13,28H,1-6H3,(H2,25,29)(H,26,27). The van der Waals surface area contributed by atoms with E-state index in [0.717, 1.165) is 27.7 Å². The Balaban J connectivity index is 2.29. The fourth-order valence-electron chi connectivity index (χ4n) is 3.48. The predicted molar refractivity (Wildman–Crippen MR) is 119 cm³/mol. The van der Waals surface area contributed by atoms with E-state index in [9.17, 15) is 9.90 Å². The summed E-state index contributed by atoms with van der Waals surface area (Å²) in [6.45, 7) is 12.2. The van der Waals surface area contributed by atoms with E-state index >= 15 is 0 Å². The summed E-state index contributed by atoms with van der Waals surface area (Å²) >= 11 is 0. The molecule has 2 heterocycles. The molecule has 0 unspecified atom stereocenters. The lowest BCUT2D eigenvalue weighted by Gasteiger charge is -2.28. The Hall–Kier alpha value is -3.08. The van der Waals surface area contributed by atoms with Gasteiger partial charge in [-0.1, -0.05) is 41.5 Å². The summed E-state index contributed by atoms with van der Waals surface area (Å²) in [6, 6.07) is 7.54. The fourth-order valence-corrected chi connectivity index (χ4v) is 3.48. The van der Waals surface area contributed by atoms with E-state index in [1.54, 1.807) is 12.3 Å². The number of pyridine rings is 1. The van der Waals surface area contributed by atoms with Crippen LogP contribution in [0.1, 0.15) is 63.8 Å². The fraction of sp³-hybridized carbons (Fsp3) is 0.333. The Morgan fingerprint density at radius 3 is 2.21 bits per heavy atom. The molecule has 4 N–H and O–H groups in total. The highest BCUT2D eigenvalue weighted by molar-refractivity contribution is 6.24. The molecular formula is C24H29N3O2. The molecule has 29 heavy (non-hydrogen) atoms. The van der Waals surface area contributed by atoms with E-state index < -0.39 is 5.91 Å². The Morgan fingerprint density at radius 1 is 1.10 bits per heavy atom. The average molecular weight is 392 g/mol. The maximum absolute atomic E-state index is 12.4. The Bertz CT molecular complexity index is 1070. The quantitative estimate of drug-likeness (QED) is 0.555. The minimum Gasteiger partial charge on any atom is -0.507 e. The molecule has 0 bridgehead atoms. The Labute approximate surface area is 171 Å². The van der Waals surface area contributed by atoms with Crippen LogP contribution in [0.5, 0.6) is 5.75 Å². The summed E-state index contributed by atoms with van der Waals surface area (Å²) in [6.07, 6.45) is 5.32. The second kappa shape index (κ2) is 7.07. The highest BCUT2D eigenvalue weighted by atomic mass is 16.3. The van der Waals surface area contributed by atoms with Gasteiger partial charge < -0.3 is 15.8 Å². The van der Waals surface area contributed by atoms with Gasteiger partial charge in [-0.15, -0.1) is 0 Å². The van der Waals surface area contributed by atoms with Crippen molar-refractivity contribution in [1.29, 1.82) is 0 Å². The van der Waals surface area contributed by atoms with Gasteiger partial charge in [0, 0.05) is 40.0 Å². The number of fused-ring (bicyclic) bond motifs is 1. The molecular weight excluding hydrogens is 362 g/mol. The van der Waals surface area contributed by atoms with Crippen LogP contribution in [-0.2, 0) is 15.6 Å². The third-order valence-corrected chi connectivity index (χ3v) is 5.09. The molecule has 5 heteroatoms. The number of aromatic amines is 1. The summed E-state index contributed by atoms with van der Waals surface area (Å²) < 4.78 is 0. The number of phenolic OH excluding ortho intramolecular Hbond substituents is 1. The van der Waals surface area contributed by atoms with Gasteiger partial charge in [-0.05, 0) is 46.7 Å². The van der Waals surface area contributed by atoms with Crippen molar-refractivity contribution in [3.63, 3.8) is 0 Å². The van der Waals surface area contributed by atoms with E-state index in [0.29, 0.717) is 11.1 Å². The molecule has 1 amide bonds. The maximum atomic E-state index is 12.4. The van der Waals surface area contributed by atoms with Gasteiger partial charge in [0.1, 0.15) is 11.4 Å². The first kappa shape index (κ1) is 20.6. The second-order valence-electron chi connectivity index (χ2n) is 9.49. The molecule has 2 aromatic heterocycles. The van der Waals surface area contributed by atoms with Gasteiger partial charge in [0.05, 0.1) is 0 Å². The summed E-state index contributed by atoms with van der Waals surface area (Å²) in [5.74, 6) is -0.248. The number of carbonyl (C=O) groups is 1. The predicted octanol–water partition coefficient (Wildman–Crippen LogP) is 4.89. The average Bonchev–Trinajstić information content (AvgIpc) is 3.01. The zero-order valence-corrected chi connectivity index (χ0v) is 17.9. The maximum Gasteiger partial charge on any atom is 0.249 e. The van der Waals surface area contributed by atoms with Gasteiger partial charge in [-0.25, -0.2) is 4.98 Å². The molecule has 0 saturated heterocycles. The van der Waals surface area contributed by atoms with Gasteiger partial charge in [0.15, 0.2) is 0 Å². The minimum atomic E-state index is -0.520. The number of nitrogens with one attached hydrogen (secondary N) is 1. The molecule has 3 rings (SSSR count). The van der Waals surface area contributed by atoms with Crippen LogP contribution in [0.4, 0.5) is 0 Å². The van der Waals surface area contributed by atoms with Crippen molar-refractivity contribution in [1.82, 2.24) is 9.97 Å². The number of benzene rings is 1. The number of phenols is 1. The lowest BCUT2D eigenvalue weighted by atomic mass is 9.77. The van der Waals surface area contributed by atoms with Crippen LogP contribution in [0.2, 0.25) is 0 Å². The lowest BCUT2D eigenvalue weighted by molar-refractivity contribution is -0.112. The van der Waals surface area contributed by atoms with E-state index in [4.69, 9.17) is 5.73 Å². The molecule has 3 aromatic rings. The van der Waals surface area contributed by atoms with E-state index in [1.165, 1.54) is 0 Å². The summed E-state index contributed by atoms with van der Waals surface area (Å²) in [5.41, 5.74) is 9.44. The third kappa shape index (κ3) is 4.04. The summed E-state index contributed by atoms with van der Waals surface area (Å²) in [5, 5.41) is 11.9. The second-order valence-corrected chi connectivity index (χ2v) is 9.49. The van der Waals surface area contributed by atoms with Gasteiger partial charge in [0.25, 0.3) is 0 Å². The van der Waals surface area contributed by atoms with Crippen molar-refractivity contribution in [2.24, 2.45) is 5.73 Å². The van der Waals surface area contributed by atoms with Crippen molar-refractivity contribution >= 4 is 28.6 Å². The van der Waals surface area contributed by atoms with E-state index in [1.807, 2.05) is 72.0 Å². The van der Waals surface area contributed by atoms with Crippen LogP contribution < -0.4 is 5.73 Å². The van der Waals surface area contributed by atoms with Gasteiger partial charge in [-0.2, -0.15) is 0 Å².